The standard InChI is InChI=1S/C14H19BrClN3S/c1-20-7-5-3-2-4-6-19-13(9-16)18-12-8-11(15)10-17-14(12)19/h8,10H,2-7,9H2,1H3. The number of nitrogens with zero attached hydrogens (tertiary/aromatic N) is 3. The number of pyridine rings is 1. The number of thioether (sulfide) groups is 1. The summed E-state index contributed by atoms with van der Waals surface area (Å²) in [7, 11) is 0. The van der Waals surface area contributed by atoms with E-state index in [0.29, 0.717) is 5.88 Å². The minimum atomic E-state index is 0.431. The van der Waals surface area contributed by atoms with Gasteiger partial charge in [0, 0.05) is 17.2 Å². The summed E-state index contributed by atoms with van der Waals surface area (Å²) in [5, 5.41) is 0. The van der Waals surface area contributed by atoms with Crippen molar-refractivity contribution in [2.24, 2.45) is 0 Å². The van der Waals surface area contributed by atoms with Crippen LogP contribution in [0.3, 0.4) is 0 Å². The topological polar surface area (TPSA) is 30.7 Å². The lowest BCUT2D eigenvalue weighted by molar-refractivity contribution is 0.580. The molecule has 0 bridgehead atoms. The maximum Gasteiger partial charge on any atom is 0.160 e. The maximum atomic E-state index is 6.00. The molecule has 6 heteroatoms. The smallest absolute Gasteiger partial charge is 0.160 e. The first-order valence-electron chi connectivity index (χ1n) is 6.82. The monoisotopic (exact) mass is 375 g/mol. The van der Waals surface area contributed by atoms with Crippen LogP contribution in [-0.4, -0.2) is 26.5 Å². The number of imidazole rings is 1. The fourth-order valence-corrected chi connectivity index (χ4v) is 3.26. The van der Waals surface area contributed by atoms with Crippen LogP contribution in [0.2, 0.25) is 0 Å². The van der Waals surface area contributed by atoms with Crippen molar-refractivity contribution in [3.05, 3.63) is 22.6 Å². The van der Waals surface area contributed by atoms with Gasteiger partial charge < -0.3 is 4.57 Å². The van der Waals surface area contributed by atoms with Crippen molar-refractivity contribution >= 4 is 50.5 Å². The molecule has 0 aliphatic carbocycles. The Morgan fingerprint density at radius 2 is 2.10 bits per heavy atom. The highest BCUT2D eigenvalue weighted by Crippen LogP contribution is 2.20. The Labute approximate surface area is 137 Å². The van der Waals surface area contributed by atoms with Crippen molar-refractivity contribution in [1.82, 2.24) is 14.5 Å². The van der Waals surface area contributed by atoms with Gasteiger partial charge in [-0.15, -0.1) is 11.6 Å². The summed E-state index contributed by atoms with van der Waals surface area (Å²) >= 11 is 11.3. The molecule has 2 rings (SSSR count). The van der Waals surface area contributed by atoms with Crippen molar-refractivity contribution in [3.8, 4) is 0 Å². The highest BCUT2D eigenvalue weighted by atomic mass is 79.9. The van der Waals surface area contributed by atoms with Gasteiger partial charge in [-0.2, -0.15) is 11.8 Å². The lowest BCUT2D eigenvalue weighted by Gasteiger charge is -2.07. The van der Waals surface area contributed by atoms with Crippen LogP contribution in [-0.2, 0) is 12.4 Å². The van der Waals surface area contributed by atoms with Crippen LogP contribution in [0.25, 0.3) is 11.2 Å². The molecule has 2 aromatic heterocycles. The van der Waals surface area contributed by atoms with Crippen LogP contribution < -0.4 is 0 Å². The van der Waals surface area contributed by atoms with Crippen molar-refractivity contribution in [2.75, 3.05) is 12.0 Å². The summed E-state index contributed by atoms with van der Waals surface area (Å²) < 4.78 is 3.11. The highest BCUT2D eigenvalue weighted by Gasteiger charge is 2.11. The van der Waals surface area contributed by atoms with E-state index >= 15 is 0 Å². The van der Waals surface area contributed by atoms with Gasteiger partial charge in [0.25, 0.3) is 0 Å². The third kappa shape index (κ3) is 4.12. The van der Waals surface area contributed by atoms with E-state index in [9.17, 15) is 0 Å². The Balaban J connectivity index is 2.01. The Hall–Kier alpha value is -0.260. The molecule has 2 aromatic rings. The third-order valence-corrected chi connectivity index (χ3v) is 4.60. The maximum absolute atomic E-state index is 6.00. The van der Waals surface area contributed by atoms with Gasteiger partial charge in [-0.05, 0) is 46.8 Å². The molecule has 2 heterocycles. The molecule has 0 atom stereocenters. The quantitative estimate of drug-likeness (QED) is 0.487. The van der Waals surface area contributed by atoms with Crippen LogP contribution in [0, 0.1) is 0 Å². The Bertz CT molecular complexity index is 559. The number of alkyl halides is 1. The molecule has 3 nitrogen and oxygen atoms in total. The molecule has 0 aliphatic heterocycles. The molecular weight excluding hydrogens is 358 g/mol. The van der Waals surface area contributed by atoms with Gasteiger partial charge >= 0.3 is 0 Å². The second-order valence-corrected chi connectivity index (χ2v) is 6.89. The van der Waals surface area contributed by atoms with Crippen LogP contribution in [0.4, 0.5) is 0 Å². The molecule has 20 heavy (non-hydrogen) atoms. The van der Waals surface area contributed by atoms with Crippen LogP contribution in [0.5, 0.6) is 0 Å². The SMILES string of the molecule is CSCCCCCCn1c(CCl)nc2cc(Br)cnc21. The average molecular weight is 377 g/mol. The summed E-state index contributed by atoms with van der Waals surface area (Å²) in [6, 6.07) is 1.99. The number of aryl methyl sites for hydroxylation is 1. The normalized spacial score (nSPS) is 11.3. The summed E-state index contributed by atoms with van der Waals surface area (Å²) in [5.41, 5.74) is 1.85. The van der Waals surface area contributed by atoms with Gasteiger partial charge in [-0.1, -0.05) is 12.8 Å². The van der Waals surface area contributed by atoms with Gasteiger partial charge in [-0.3, -0.25) is 0 Å². The summed E-state index contributed by atoms with van der Waals surface area (Å²) in [6.45, 7) is 0.951. The second-order valence-electron chi connectivity index (χ2n) is 4.72. The fourth-order valence-electron chi connectivity index (χ4n) is 2.24. The van der Waals surface area contributed by atoms with Gasteiger partial charge in [-0.25, -0.2) is 9.97 Å². The van der Waals surface area contributed by atoms with Gasteiger partial charge in [0.1, 0.15) is 11.3 Å². The Morgan fingerprint density at radius 1 is 1.30 bits per heavy atom. The molecule has 0 saturated carbocycles. The molecule has 0 fully saturated rings. The molecule has 0 N–H and O–H groups in total. The summed E-state index contributed by atoms with van der Waals surface area (Å²) in [5.74, 6) is 2.60. The third-order valence-electron chi connectivity index (χ3n) is 3.23. The minimum absolute atomic E-state index is 0.431. The Morgan fingerprint density at radius 3 is 2.85 bits per heavy atom. The zero-order valence-electron chi connectivity index (χ0n) is 11.6. The molecule has 0 aromatic carbocycles. The van der Waals surface area contributed by atoms with Crippen LogP contribution in [0.1, 0.15) is 31.5 Å². The van der Waals surface area contributed by atoms with Crippen molar-refractivity contribution in [3.63, 3.8) is 0 Å². The number of unbranched alkanes of at least 4 members (excludes halogenated alkanes) is 3. The van der Waals surface area contributed by atoms with Crippen LogP contribution >= 0.6 is 39.3 Å². The number of rotatable bonds is 8. The van der Waals surface area contributed by atoms with E-state index < -0.39 is 0 Å². The zero-order chi connectivity index (χ0) is 14.4. The van der Waals surface area contributed by atoms with Gasteiger partial charge in [0.2, 0.25) is 0 Å². The van der Waals surface area contributed by atoms with Crippen LogP contribution in [0.15, 0.2) is 16.7 Å². The number of fused-ring (bicyclic) bond motifs is 1. The Kier molecular flexibility index (Phi) is 6.65. The van der Waals surface area contributed by atoms with Gasteiger partial charge in [0.05, 0.1) is 5.88 Å². The van der Waals surface area contributed by atoms with E-state index in [-0.39, 0.29) is 0 Å². The predicted octanol–water partition coefficient (Wildman–Crippen LogP) is 4.86. The number of aromatic nitrogens is 3. The second kappa shape index (κ2) is 8.25. The van der Waals surface area contributed by atoms with E-state index in [2.05, 4.69) is 36.7 Å². The van der Waals surface area contributed by atoms with E-state index in [0.717, 1.165) is 34.4 Å². The van der Waals surface area contributed by atoms with Gasteiger partial charge in [0.15, 0.2) is 5.65 Å². The molecule has 0 amide bonds. The van der Waals surface area contributed by atoms with E-state index in [1.54, 1.807) is 0 Å². The lowest BCUT2D eigenvalue weighted by atomic mass is 10.2. The summed E-state index contributed by atoms with van der Waals surface area (Å²) in [4.78, 5) is 9.02. The van der Waals surface area contributed by atoms with Crippen molar-refractivity contribution in [2.45, 2.75) is 38.1 Å². The summed E-state index contributed by atoms with van der Waals surface area (Å²) in [6.07, 6.45) is 8.98. The lowest BCUT2D eigenvalue weighted by Crippen LogP contribution is -2.03. The zero-order valence-corrected chi connectivity index (χ0v) is 14.8. The van der Waals surface area contributed by atoms with E-state index in [4.69, 9.17) is 11.6 Å². The van der Waals surface area contributed by atoms with E-state index in [1.165, 1.54) is 25.0 Å². The molecule has 0 aliphatic rings. The molecule has 110 valence electrons. The number of hydrogen-bond donors (Lipinski definition) is 0. The first-order chi connectivity index (χ1) is 9.76. The molecule has 0 unspecified atom stereocenters. The predicted molar refractivity (Wildman–Crippen MR) is 91.6 cm³/mol. The highest BCUT2D eigenvalue weighted by molar-refractivity contribution is 9.10. The minimum Gasteiger partial charge on any atom is -0.312 e. The number of halogens is 2. The van der Waals surface area contributed by atoms with Crippen molar-refractivity contribution in [1.29, 1.82) is 0 Å². The molecule has 0 saturated heterocycles. The molecule has 0 spiro atoms. The first-order valence-corrected chi connectivity index (χ1v) is 9.54. The molecular formula is C14H19BrClN3S. The average Bonchev–Trinajstić information content (AvgIpc) is 2.79. The largest absolute Gasteiger partial charge is 0.312 e. The molecule has 0 radical (unpaired) electrons. The fraction of sp³-hybridized carbons (Fsp3) is 0.571. The first kappa shape index (κ1) is 16.1. The number of hydrogen-bond acceptors (Lipinski definition) is 3. The van der Waals surface area contributed by atoms with E-state index in [1.807, 2.05) is 24.0 Å². The van der Waals surface area contributed by atoms with Crippen molar-refractivity contribution < 1.29 is 0 Å².